The predicted molar refractivity (Wildman–Crippen MR) is 107 cm³/mol. The number of ether oxygens (including phenoxy) is 1. The Bertz CT molecular complexity index is 328. The molecular weight excluding hydrogens is 372 g/mol. The van der Waals surface area contributed by atoms with Crippen molar-refractivity contribution in [2.24, 2.45) is 0 Å². The number of unbranched alkanes of at least 4 members (excludes halogenated alkanes) is 2. The molecule has 136 valence electrons. The van der Waals surface area contributed by atoms with E-state index in [2.05, 4.69) is 28.3 Å². The minimum Gasteiger partial charge on any atom is -0.379 e. The molecule has 1 amide bonds. The normalized spacial score (nSPS) is 21.9. The number of amides is 1. The summed E-state index contributed by atoms with van der Waals surface area (Å²) < 4.78 is 5.35. The van der Waals surface area contributed by atoms with E-state index in [1.807, 2.05) is 15.7 Å². The molecule has 0 aromatic heterocycles. The molecule has 0 aromatic rings. The molecule has 2 aliphatic rings. The summed E-state index contributed by atoms with van der Waals surface area (Å²) in [6.45, 7) is 6.15. The molecule has 0 bridgehead atoms. The first kappa shape index (κ1) is 21.8. The van der Waals surface area contributed by atoms with Crippen LogP contribution >= 0.6 is 46.6 Å². The molecule has 2 aliphatic heterocycles. The number of hydrogen-bond donors (Lipinski definition) is 1. The lowest BCUT2D eigenvalue weighted by atomic mass is 10.1. The molecule has 1 atom stereocenters. The molecule has 0 unspecified atom stereocenters. The van der Waals surface area contributed by atoms with Crippen molar-refractivity contribution in [3.05, 3.63) is 0 Å². The van der Waals surface area contributed by atoms with E-state index in [-0.39, 0.29) is 17.6 Å². The van der Waals surface area contributed by atoms with Crippen molar-refractivity contribution >= 4 is 51.9 Å². The number of rotatable bonds is 9. The molecule has 0 aromatic carbocycles. The highest BCUT2D eigenvalue weighted by atomic mass is 35.5. The van der Waals surface area contributed by atoms with Crippen LogP contribution in [0.25, 0.3) is 0 Å². The second kappa shape index (κ2) is 13.0. The quantitative estimate of drug-likeness (QED) is 0.361. The molecular formula is C15H29ClN2O2S3. The van der Waals surface area contributed by atoms with Crippen LogP contribution in [0.2, 0.25) is 0 Å². The van der Waals surface area contributed by atoms with Crippen LogP contribution in [0.3, 0.4) is 0 Å². The molecule has 2 fully saturated rings. The van der Waals surface area contributed by atoms with E-state index < -0.39 is 0 Å². The summed E-state index contributed by atoms with van der Waals surface area (Å²) in [5.41, 5.74) is 0. The average molecular weight is 401 g/mol. The van der Waals surface area contributed by atoms with Crippen LogP contribution in [-0.4, -0.2) is 72.0 Å². The fourth-order valence-corrected chi connectivity index (χ4v) is 6.03. The Labute approximate surface area is 160 Å². The largest absolute Gasteiger partial charge is 0.379 e. The third kappa shape index (κ3) is 9.12. The first-order valence-electron chi connectivity index (χ1n) is 8.32. The maximum Gasteiger partial charge on any atom is 0.278 e. The minimum atomic E-state index is -0.0870. The van der Waals surface area contributed by atoms with Crippen LogP contribution in [-0.2, 0) is 4.74 Å². The van der Waals surface area contributed by atoms with Crippen LogP contribution in [0.4, 0.5) is 4.79 Å². The number of carbonyl (C=O) groups excluding carboxylic acids is 1. The lowest BCUT2D eigenvalue weighted by Crippen LogP contribution is -2.42. The van der Waals surface area contributed by atoms with Crippen molar-refractivity contribution in [1.29, 1.82) is 0 Å². The van der Waals surface area contributed by atoms with Crippen LogP contribution in [0.15, 0.2) is 0 Å². The Morgan fingerprint density at radius 1 is 1.22 bits per heavy atom. The van der Waals surface area contributed by atoms with Gasteiger partial charge in [-0.15, -0.1) is 12.4 Å². The van der Waals surface area contributed by atoms with Crippen molar-refractivity contribution in [1.82, 2.24) is 9.80 Å². The first-order valence-corrected chi connectivity index (χ1v) is 11.1. The summed E-state index contributed by atoms with van der Waals surface area (Å²) in [4.78, 5) is 15.9. The van der Waals surface area contributed by atoms with E-state index in [1.54, 1.807) is 0 Å². The van der Waals surface area contributed by atoms with Crippen molar-refractivity contribution in [3.63, 3.8) is 0 Å². The highest BCUT2D eigenvalue weighted by Gasteiger charge is 2.16. The summed E-state index contributed by atoms with van der Waals surface area (Å²) in [7, 11) is 4.07. The smallest absolute Gasteiger partial charge is 0.278 e. The minimum absolute atomic E-state index is 0. The molecule has 2 rings (SSSR count). The Hall–Kier alpha value is 0.730. The molecule has 0 aliphatic carbocycles. The molecule has 2 saturated heterocycles. The monoisotopic (exact) mass is 400 g/mol. The summed E-state index contributed by atoms with van der Waals surface area (Å²) in [5, 5.41) is 0.782. The van der Waals surface area contributed by atoms with E-state index in [9.17, 15) is 4.79 Å². The van der Waals surface area contributed by atoms with Gasteiger partial charge in [0.05, 0.1) is 13.2 Å². The molecule has 0 N–H and O–H groups in total. The Balaban J connectivity index is 0.00000264. The van der Waals surface area contributed by atoms with E-state index in [1.165, 1.54) is 31.4 Å². The molecule has 0 radical (unpaired) electrons. The summed E-state index contributed by atoms with van der Waals surface area (Å²) in [6.07, 6.45) is 6.31. The van der Waals surface area contributed by atoms with Crippen LogP contribution < -0.4 is 0 Å². The maximum absolute atomic E-state index is 11.6. The lowest BCUT2D eigenvalue weighted by Gasteiger charge is -2.29. The number of thiol groups is 1. The fraction of sp³-hybridized carbons (Fsp3) is 0.933. The molecule has 2 heterocycles. The van der Waals surface area contributed by atoms with E-state index in [0.29, 0.717) is 0 Å². The third-order valence-electron chi connectivity index (χ3n) is 4.24. The van der Waals surface area contributed by atoms with Crippen molar-refractivity contribution in [2.75, 3.05) is 51.7 Å². The van der Waals surface area contributed by atoms with Crippen LogP contribution in [0, 0.1) is 0 Å². The Kier molecular flexibility index (Phi) is 12.3. The number of nitrogens with zero attached hydrogens (tertiary/aromatic N) is 2. The van der Waals surface area contributed by atoms with Gasteiger partial charge < -0.3 is 9.64 Å². The fourth-order valence-electron chi connectivity index (χ4n) is 2.81. The number of hydrogen-bond acceptors (Lipinski definition) is 5. The van der Waals surface area contributed by atoms with Crippen LogP contribution in [0.5, 0.6) is 0 Å². The molecule has 8 heteroatoms. The van der Waals surface area contributed by atoms with E-state index in [4.69, 9.17) is 4.74 Å². The van der Waals surface area contributed by atoms with Gasteiger partial charge in [-0.25, -0.2) is 0 Å². The van der Waals surface area contributed by atoms with Crippen molar-refractivity contribution in [2.45, 2.75) is 37.4 Å². The molecule has 23 heavy (non-hydrogen) atoms. The molecule has 0 saturated carbocycles. The second-order valence-electron chi connectivity index (χ2n) is 5.90. The van der Waals surface area contributed by atoms with Crippen LogP contribution in [0.1, 0.15) is 32.1 Å². The summed E-state index contributed by atoms with van der Waals surface area (Å²) in [6, 6.07) is 0. The highest BCUT2D eigenvalue weighted by molar-refractivity contribution is 8.77. The number of carbonyl (C=O) groups is 1. The highest BCUT2D eigenvalue weighted by Crippen LogP contribution is 2.39. The molecule has 0 spiro atoms. The van der Waals surface area contributed by atoms with Gasteiger partial charge in [-0.2, -0.15) is 0 Å². The van der Waals surface area contributed by atoms with Gasteiger partial charge in [0.2, 0.25) is 0 Å². The topological polar surface area (TPSA) is 32.8 Å². The number of halogens is 1. The van der Waals surface area contributed by atoms with Gasteiger partial charge in [-0.1, -0.05) is 47.1 Å². The zero-order valence-corrected chi connectivity index (χ0v) is 17.0. The third-order valence-corrected chi connectivity index (χ3v) is 7.53. The second-order valence-corrected chi connectivity index (χ2v) is 9.07. The van der Waals surface area contributed by atoms with Crippen molar-refractivity contribution < 1.29 is 9.53 Å². The zero-order valence-electron chi connectivity index (χ0n) is 13.7. The van der Waals surface area contributed by atoms with Gasteiger partial charge in [0.15, 0.2) is 0 Å². The maximum atomic E-state index is 11.6. The standard InChI is InChI=1S/C15H28N2O2S3.ClH/c18-15(20)17(8-7-16-9-11-19-12-10-16)6-3-1-2-4-14-5-13-21-22-14;/h14H,1-13H2,(H,18,20);1H/t14-;/m0./s1. The van der Waals surface area contributed by atoms with Gasteiger partial charge in [0, 0.05) is 43.7 Å². The lowest BCUT2D eigenvalue weighted by molar-refractivity contribution is 0.0353. The SMILES string of the molecule is Cl.O=C(S)N(CCCCC[C@H]1CCSS1)CCN1CCOCC1. The van der Waals surface area contributed by atoms with Gasteiger partial charge in [-0.3, -0.25) is 9.69 Å². The molecule has 4 nitrogen and oxygen atoms in total. The Morgan fingerprint density at radius 3 is 2.65 bits per heavy atom. The van der Waals surface area contributed by atoms with Gasteiger partial charge in [0.1, 0.15) is 0 Å². The van der Waals surface area contributed by atoms with Gasteiger partial charge >= 0.3 is 0 Å². The summed E-state index contributed by atoms with van der Waals surface area (Å²) in [5.74, 6) is 1.32. The van der Waals surface area contributed by atoms with Gasteiger partial charge in [-0.05, 0) is 19.3 Å². The predicted octanol–water partition coefficient (Wildman–Crippen LogP) is 3.81. The summed E-state index contributed by atoms with van der Waals surface area (Å²) >= 11 is 4.02. The average Bonchev–Trinajstić information content (AvgIpc) is 3.04. The number of morpholine rings is 1. The first-order chi connectivity index (χ1) is 10.8. The van der Waals surface area contributed by atoms with Crippen molar-refractivity contribution in [3.8, 4) is 0 Å². The Morgan fingerprint density at radius 2 is 2.00 bits per heavy atom. The van der Waals surface area contributed by atoms with E-state index >= 15 is 0 Å². The zero-order chi connectivity index (χ0) is 15.6. The van der Waals surface area contributed by atoms with E-state index in [0.717, 1.165) is 57.6 Å². The van der Waals surface area contributed by atoms with Gasteiger partial charge in [0.25, 0.3) is 5.24 Å².